The van der Waals surface area contributed by atoms with Gasteiger partial charge in [0.1, 0.15) is 0 Å². The lowest BCUT2D eigenvalue weighted by atomic mass is 10.1. The van der Waals surface area contributed by atoms with E-state index in [2.05, 4.69) is 24.4 Å². The van der Waals surface area contributed by atoms with E-state index in [4.69, 9.17) is 5.11 Å². The van der Waals surface area contributed by atoms with E-state index >= 15 is 0 Å². The van der Waals surface area contributed by atoms with Gasteiger partial charge in [-0.25, -0.2) is 4.79 Å². The second kappa shape index (κ2) is 5.89. The molecular formula is C15H17NO2S. The molecule has 0 aliphatic carbocycles. The minimum Gasteiger partial charge on any atom is -0.478 e. The van der Waals surface area contributed by atoms with E-state index in [1.165, 1.54) is 9.75 Å². The largest absolute Gasteiger partial charge is 0.478 e. The Morgan fingerprint density at radius 2 is 2.00 bits per heavy atom. The number of carbonyl (C=O) groups is 1. The first-order valence-corrected chi connectivity index (χ1v) is 7.07. The first-order chi connectivity index (χ1) is 9.10. The minimum atomic E-state index is -0.896. The molecule has 1 aromatic carbocycles. The van der Waals surface area contributed by atoms with Gasteiger partial charge in [0, 0.05) is 22.0 Å². The van der Waals surface area contributed by atoms with Gasteiger partial charge in [-0.15, -0.1) is 11.3 Å². The van der Waals surface area contributed by atoms with Crippen LogP contribution in [0.2, 0.25) is 0 Å². The third kappa shape index (κ3) is 3.35. The van der Waals surface area contributed by atoms with E-state index in [0.717, 1.165) is 24.2 Å². The quantitative estimate of drug-likeness (QED) is 0.869. The standard InChI is InChI=1S/C15H17NO2S/c1-3-12-6-7-13(19-12)9-16-14-8-11(15(17)18)5-4-10(14)2/h4-8,16H,3,9H2,1-2H3,(H,17,18). The Balaban J connectivity index is 2.10. The fourth-order valence-electron chi connectivity index (χ4n) is 1.84. The van der Waals surface area contributed by atoms with Crippen molar-refractivity contribution >= 4 is 23.0 Å². The number of thiophene rings is 1. The number of rotatable bonds is 5. The highest BCUT2D eigenvalue weighted by Gasteiger charge is 2.06. The molecule has 0 atom stereocenters. The van der Waals surface area contributed by atoms with Crippen LogP contribution in [0.4, 0.5) is 5.69 Å². The number of carboxylic acids is 1. The molecule has 0 bridgehead atoms. The van der Waals surface area contributed by atoms with Crippen molar-refractivity contribution in [3.05, 3.63) is 51.2 Å². The summed E-state index contributed by atoms with van der Waals surface area (Å²) < 4.78 is 0. The number of aromatic carboxylic acids is 1. The van der Waals surface area contributed by atoms with Gasteiger partial charge in [-0.3, -0.25) is 0 Å². The predicted octanol–water partition coefficient (Wildman–Crippen LogP) is 3.93. The molecule has 2 rings (SSSR count). The van der Waals surface area contributed by atoms with E-state index in [-0.39, 0.29) is 0 Å². The van der Waals surface area contributed by atoms with E-state index < -0.39 is 5.97 Å². The van der Waals surface area contributed by atoms with Crippen LogP contribution in [0.5, 0.6) is 0 Å². The lowest BCUT2D eigenvalue weighted by Gasteiger charge is -2.09. The molecule has 1 aromatic heterocycles. The van der Waals surface area contributed by atoms with Crippen LogP contribution in [0, 0.1) is 6.92 Å². The number of hydrogen-bond donors (Lipinski definition) is 2. The first-order valence-electron chi connectivity index (χ1n) is 6.25. The van der Waals surface area contributed by atoms with Gasteiger partial charge in [-0.1, -0.05) is 13.0 Å². The molecule has 2 aromatic rings. The molecule has 0 spiro atoms. The summed E-state index contributed by atoms with van der Waals surface area (Å²) >= 11 is 1.79. The van der Waals surface area contributed by atoms with Crippen molar-refractivity contribution in [3.8, 4) is 0 Å². The summed E-state index contributed by atoms with van der Waals surface area (Å²) in [6, 6.07) is 9.40. The van der Waals surface area contributed by atoms with Gasteiger partial charge < -0.3 is 10.4 Å². The van der Waals surface area contributed by atoms with Gasteiger partial charge in [0.05, 0.1) is 5.56 Å². The van der Waals surface area contributed by atoms with Crippen LogP contribution in [0.1, 0.15) is 32.6 Å². The molecule has 0 aliphatic heterocycles. The number of hydrogen-bond acceptors (Lipinski definition) is 3. The summed E-state index contributed by atoms with van der Waals surface area (Å²) in [6.45, 7) is 4.85. The average Bonchev–Trinajstić information content (AvgIpc) is 2.85. The van der Waals surface area contributed by atoms with Crippen molar-refractivity contribution in [1.82, 2.24) is 0 Å². The number of carboxylic acid groups (broad SMARTS) is 1. The molecule has 1 heterocycles. The third-order valence-corrected chi connectivity index (χ3v) is 4.23. The molecule has 0 aliphatic rings. The maximum atomic E-state index is 11.0. The van der Waals surface area contributed by atoms with Crippen LogP contribution >= 0.6 is 11.3 Å². The normalized spacial score (nSPS) is 10.4. The van der Waals surface area contributed by atoms with Crippen LogP contribution in [0.15, 0.2) is 30.3 Å². The number of aryl methyl sites for hydroxylation is 2. The number of anilines is 1. The van der Waals surface area contributed by atoms with Crippen molar-refractivity contribution in [2.24, 2.45) is 0 Å². The highest BCUT2D eigenvalue weighted by atomic mass is 32.1. The van der Waals surface area contributed by atoms with Crippen molar-refractivity contribution in [3.63, 3.8) is 0 Å². The van der Waals surface area contributed by atoms with E-state index in [9.17, 15) is 4.79 Å². The summed E-state index contributed by atoms with van der Waals surface area (Å²) in [5, 5.41) is 12.3. The molecule has 0 saturated carbocycles. The van der Waals surface area contributed by atoms with Crippen molar-refractivity contribution in [2.45, 2.75) is 26.8 Å². The van der Waals surface area contributed by atoms with Crippen LogP contribution in [-0.4, -0.2) is 11.1 Å². The highest BCUT2D eigenvalue weighted by molar-refractivity contribution is 7.12. The molecule has 0 amide bonds. The van der Waals surface area contributed by atoms with Gasteiger partial charge in [0.25, 0.3) is 0 Å². The summed E-state index contributed by atoms with van der Waals surface area (Å²) in [5.41, 5.74) is 2.25. The Bertz CT molecular complexity index is 590. The first kappa shape index (κ1) is 13.6. The van der Waals surface area contributed by atoms with E-state index in [1.54, 1.807) is 23.5 Å². The van der Waals surface area contributed by atoms with Gasteiger partial charge in [0.2, 0.25) is 0 Å². The Hall–Kier alpha value is -1.81. The molecular weight excluding hydrogens is 258 g/mol. The Labute approximate surface area is 116 Å². The molecule has 2 N–H and O–H groups in total. The summed E-state index contributed by atoms with van der Waals surface area (Å²) in [6.07, 6.45) is 1.05. The SMILES string of the molecule is CCc1ccc(CNc2cc(C(=O)O)ccc2C)s1. The van der Waals surface area contributed by atoms with Crippen molar-refractivity contribution in [1.29, 1.82) is 0 Å². The fourth-order valence-corrected chi connectivity index (χ4v) is 2.73. The average molecular weight is 275 g/mol. The third-order valence-electron chi connectivity index (χ3n) is 3.00. The molecule has 0 radical (unpaired) electrons. The predicted molar refractivity (Wildman–Crippen MR) is 79.2 cm³/mol. The summed E-state index contributed by atoms with van der Waals surface area (Å²) in [7, 11) is 0. The van der Waals surface area contributed by atoms with Crippen molar-refractivity contribution in [2.75, 3.05) is 5.32 Å². The second-order valence-electron chi connectivity index (χ2n) is 4.41. The van der Waals surface area contributed by atoms with Gasteiger partial charge in [-0.05, 0) is 43.2 Å². The monoisotopic (exact) mass is 275 g/mol. The Kier molecular flexibility index (Phi) is 4.22. The summed E-state index contributed by atoms with van der Waals surface area (Å²) in [4.78, 5) is 13.6. The Morgan fingerprint density at radius 1 is 1.26 bits per heavy atom. The number of nitrogens with one attached hydrogen (secondary N) is 1. The minimum absolute atomic E-state index is 0.313. The van der Waals surface area contributed by atoms with Crippen LogP contribution < -0.4 is 5.32 Å². The van der Waals surface area contributed by atoms with Gasteiger partial charge in [0.15, 0.2) is 0 Å². The zero-order chi connectivity index (χ0) is 13.8. The molecule has 0 saturated heterocycles. The second-order valence-corrected chi connectivity index (χ2v) is 5.66. The maximum absolute atomic E-state index is 11.0. The Morgan fingerprint density at radius 3 is 2.63 bits per heavy atom. The molecule has 3 nitrogen and oxygen atoms in total. The van der Waals surface area contributed by atoms with Crippen LogP contribution in [0.25, 0.3) is 0 Å². The van der Waals surface area contributed by atoms with Crippen LogP contribution in [0.3, 0.4) is 0 Å². The smallest absolute Gasteiger partial charge is 0.335 e. The topological polar surface area (TPSA) is 49.3 Å². The fraction of sp³-hybridized carbons (Fsp3) is 0.267. The van der Waals surface area contributed by atoms with Gasteiger partial charge in [-0.2, -0.15) is 0 Å². The summed E-state index contributed by atoms with van der Waals surface area (Å²) in [5.74, 6) is -0.896. The highest BCUT2D eigenvalue weighted by Crippen LogP contribution is 2.21. The number of benzene rings is 1. The molecule has 0 unspecified atom stereocenters. The zero-order valence-electron chi connectivity index (χ0n) is 11.1. The van der Waals surface area contributed by atoms with E-state index in [1.807, 2.05) is 13.0 Å². The maximum Gasteiger partial charge on any atom is 0.335 e. The van der Waals surface area contributed by atoms with Crippen molar-refractivity contribution < 1.29 is 9.90 Å². The zero-order valence-corrected chi connectivity index (χ0v) is 11.9. The van der Waals surface area contributed by atoms with Gasteiger partial charge >= 0.3 is 5.97 Å². The molecule has 100 valence electrons. The molecule has 4 heteroatoms. The van der Waals surface area contributed by atoms with E-state index in [0.29, 0.717) is 5.56 Å². The molecule has 19 heavy (non-hydrogen) atoms. The lowest BCUT2D eigenvalue weighted by Crippen LogP contribution is -2.02. The molecule has 0 fully saturated rings. The lowest BCUT2D eigenvalue weighted by molar-refractivity contribution is 0.0697. The van der Waals surface area contributed by atoms with Crippen LogP contribution in [-0.2, 0) is 13.0 Å².